The summed E-state index contributed by atoms with van der Waals surface area (Å²) in [4.78, 5) is 45.6. The van der Waals surface area contributed by atoms with Gasteiger partial charge in [0.15, 0.2) is 36.8 Å². The summed E-state index contributed by atoms with van der Waals surface area (Å²) in [6.45, 7) is 11.0. The number of rotatable bonds is 11. The minimum atomic E-state index is -2.53. The lowest BCUT2D eigenvalue weighted by molar-refractivity contribution is -0.135. The average molecular weight is 881 g/mol. The van der Waals surface area contributed by atoms with E-state index >= 15 is 0 Å². The van der Waals surface area contributed by atoms with E-state index in [1.165, 1.54) is 6.08 Å². The second-order valence-corrected chi connectivity index (χ2v) is 23.4. The number of nitrogens with zero attached hydrogens (tertiary/aromatic N) is 4. The van der Waals surface area contributed by atoms with Crippen LogP contribution in [-0.4, -0.2) is 98.4 Å². The van der Waals surface area contributed by atoms with Gasteiger partial charge in [-0.05, 0) is 92.8 Å². The summed E-state index contributed by atoms with van der Waals surface area (Å²) in [7, 11) is 6.80. The van der Waals surface area contributed by atoms with Crippen LogP contribution in [0.2, 0.25) is 18.1 Å². The molecule has 0 unspecified atom stereocenters. The van der Waals surface area contributed by atoms with Crippen LogP contribution >= 0.6 is 0 Å². The lowest BCUT2D eigenvalue weighted by Crippen LogP contribution is -2.65. The molecule has 1 spiro atoms. The fourth-order valence-electron chi connectivity index (χ4n) is 9.46. The molecule has 1 saturated heterocycles. The van der Waals surface area contributed by atoms with Crippen LogP contribution in [-0.2, 0) is 31.9 Å². The van der Waals surface area contributed by atoms with Crippen LogP contribution in [0.1, 0.15) is 96.5 Å². The third kappa shape index (κ3) is 7.50. The molecule has 7 atom stereocenters. The summed E-state index contributed by atoms with van der Waals surface area (Å²) in [5.41, 5.74) is -0.260. The Hall–Kier alpha value is -5.19. The molecule has 63 heavy (non-hydrogen) atoms. The predicted molar refractivity (Wildman–Crippen MR) is 237 cm³/mol. The van der Waals surface area contributed by atoms with Gasteiger partial charge in [0.25, 0.3) is 11.8 Å². The van der Waals surface area contributed by atoms with Crippen LogP contribution in [0.25, 0.3) is 0 Å². The lowest BCUT2D eigenvalue weighted by Gasteiger charge is -2.51. The highest BCUT2D eigenvalue weighted by atomic mass is 28.4. The second-order valence-electron chi connectivity index (χ2n) is 18.7. The van der Waals surface area contributed by atoms with E-state index in [1.54, 1.807) is 7.11 Å². The molecular formula is C48H60N4O10Si. The van der Waals surface area contributed by atoms with E-state index in [0.717, 1.165) is 17.5 Å². The van der Waals surface area contributed by atoms with Crippen molar-refractivity contribution in [3.05, 3.63) is 118 Å². The molecule has 1 fully saturated rings. The molecule has 5 aliphatic rings. The van der Waals surface area contributed by atoms with Crippen LogP contribution in [0.5, 0.6) is 11.8 Å². The van der Waals surface area contributed by atoms with Crippen molar-refractivity contribution in [3.63, 3.8) is 0 Å². The largest absolute Gasteiger partial charge is 0.498 e. The molecule has 336 valence electrons. The highest BCUT2D eigenvalue weighted by molar-refractivity contribution is 6.74. The number of hydrogen-bond donors (Lipinski definition) is 0. The average Bonchev–Trinajstić information content (AvgIpc) is 4.03. The van der Waals surface area contributed by atoms with Gasteiger partial charge in [-0.15, -0.1) is 0 Å². The van der Waals surface area contributed by atoms with Crippen molar-refractivity contribution in [2.24, 2.45) is 11.8 Å². The first-order valence-corrected chi connectivity index (χ1v) is 24.0. The number of ether oxygens (including phenoxy) is 4. The Kier molecular flexibility index (Phi) is 12.4. The van der Waals surface area contributed by atoms with Crippen LogP contribution in [0, 0.1) is 11.8 Å². The molecule has 9 rings (SSSR count). The quantitative estimate of drug-likeness (QED) is 0.105. The minimum absolute atomic E-state index is 0. The second kappa shape index (κ2) is 17.1. The molecule has 2 aliphatic heterocycles. The predicted octanol–water partition coefficient (Wildman–Crippen LogP) is 8.33. The molecule has 15 heteroatoms. The number of methoxy groups -OCH3 is 1. The van der Waals surface area contributed by atoms with Crippen LogP contribution in [0.4, 0.5) is 0 Å². The smallest absolute Gasteiger partial charge is 0.265 e. The molecule has 0 amide bonds. The number of fused-ring (bicyclic) bond motifs is 4. The third-order valence-corrected chi connectivity index (χ3v) is 17.8. The molecule has 3 aliphatic carbocycles. The van der Waals surface area contributed by atoms with Crippen molar-refractivity contribution in [3.8, 4) is 11.8 Å². The van der Waals surface area contributed by atoms with Gasteiger partial charge in [-0.2, -0.15) is 0 Å². The summed E-state index contributed by atoms with van der Waals surface area (Å²) < 4.78 is 41.8. The molecule has 0 radical (unpaired) electrons. The molecular weight excluding hydrogens is 821 g/mol. The number of Topliss-reactive ketones (excluding diaryl/α,β-unsaturated/α-hetero) is 2. The van der Waals surface area contributed by atoms with E-state index in [0.29, 0.717) is 35.9 Å². The summed E-state index contributed by atoms with van der Waals surface area (Å²) >= 11 is 0. The highest BCUT2D eigenvalue weighted by Crippen LogP contribution is 2.59. The summed E-state index contributed by atoms with van der Waals surface area (Å²) in [6, 6.07) is 18.9. The summed E-state index contributed by atoms with van der Waals surface area (Å²) in [5.74, 6) is 0.426. The van der Waals surface area contributed by atoms with Gasteiger partial charge in [-0.1, -0.05) is 94.9 Å². The van der Waals surface area contributed by atoms with Crippen molar-refractivity contribution >= 4 is 25.7 Å². The van der Waals surface area contributed by atoms with Gasteiger partial charge >= 0.3 is 0 Å². The molecule has 4 heterocycles. The topological polar surface area (TPSA) is 156 Å². The fourth-order valence-corrected chi connectivity index (χ4v) is 10.9. The zero-order chi connectivity index (χ0) is 44.4. The normalized spacial score (nSPS) is 26.8. The van der Waals surface area contributed by atoms with E-state index in [-0.39, 0.29) is 72.1 Å². The van der Waals surface area contributed by atoms with Gasteiger partial charge in [0, 0.05) is 11.8 Å². The first-order valence-electron chi connectivity index (χ1n) is 21.1. The maximum atomic E-state index is 14.3. The fraction of sp³-hybridized carbons (Fsp3) is 0.479. The van der Waals surface area contributed by atoms with E-state index in [2.05, 4.69) is 44.2 Å². The van der Waals surface area contributed by atoms with Gasteiger partial charge in [0.2, 0.25) is 11.6 Å². The number of carbonyl (C=O) groups is 3. The molecule has 2 bridgehead atoms. The number of hydrogen-bond acceptors (Lipinski definition) is 14. The van der Waals surface area contributed by atoms with Gasteiger partial charge in [-0.3, -0.25) is 24.2 Å². The van der Waals surface area contributed by atoms with Crippen LogP contribution in [0.3, 0.4) is 0 Å². The number of ketones is 3. The maximum absolute atomic E-state index is 14.3. The maximum Gasteiger partial charge on any atom is 0.265 e. The highest BCUT2D eigenvalue weighted by Gasteiger charge is 2.69. The zero-order valence-corrected chi connectivity index (χ0v) is 38.1. The Balaban J connectivity index is 0.000000189. The van der Waals surface area contributed by atoms with E-state index in [1.807, 2.05) is 111 Å². The van der Waals surface area contributed by atoms with Crippen molar-refractivity contribution in [2.75, 3.05) is 35.3 Å². The summed E-state index contributed by atoms with van der Waals surface area (Å²) in [5, 5.41) is 8.04. The standard InChI is InChI=1S/C26H34N2O5Si.C21H22N2O5.CH4/c1-25(2,3)34(6,7)33-26-18(14-11-15-19(26)29)21(28(4)5)22-20(23(26)30)24(27-32-22)31-16-17-12-9-8-10-13-17;1-23(2)17-14-9-13-10-15(25-3)21(14,27-13)19(24)16-18(17)28-22-20(16)26-11-12-7-5-4-6-8-12;/h8-13,15,18,21H,14,16H2,1-7H3;4-8,10,13-14,17H,9,11H2,1-3H3;1H4/t18-,21-,26-;13-,14+,17+,21+;/m01./s1. The van der Waals surface area contributed by atoms with Crippen molar-refractivity contribution in [1.29, 1.82) is 0 Å². The minimum Gasteiger partial charge on any atom is -0.498 e. The summed E-state index contributed by atoms with van der Waals surface area (Å²) in [6.07, 6.45) is 6.37. The SMILES string of the molecule is C.CN(C)[C@@H]1c2onc(OCc3ccccc3)c2C(=O)[C@@]2(O[Si](C)(C)C(C)(C)C)C(=O)C=CC[C@@H]12.COC1=C[C@H]2C[C@H]3[C@H](N(C)C)c4onc(OCc5ccccc5)c4C(=O)[C@@]13O2. The Morgan fingerprint density at radius 1 is 0.778 bits per heavy atom. The van der Waals surface area contributed by atoms with Crippen molar-refractivity contribution in [2.45, 2.75) is 102 Å². The van der Waals surface area contributed by atoms with E-state index < -0.39 is 31.2 Å². The van der Waals surface area contributed by atoms with Crippen LogP contribution in [0.15, 0.2) is 93.7 Å². The lowest BCUT2D eigenvalue weighted by atomic mass is 9.65. The van der Waals surface area contributed by atoms with E-state index in [4.69, 9.17) is 32.4 Å². The first kappa shape index (κ1) is 45.8. The molecule has 0 saturated carbocycles. The van der Waals surface area contributed by atoms with Crippen molar-refractivity contribution in [1.82, 2.24) is 20.1 Å². The molecule has 2 aromatic carbocycles. The van der Waals surface area contributed by atoms with Gasteiger partial charge in [0.1, 0.15) is 30.1 Å². The molecule has 14 nitrogen and oxygen atoms in total. The first-order chi connectivity index (χ1) is 29.5. The van der Waals surface area contributed by atoms with Gasteiger partial charge in [-0.25, -0.2) is 0 Å². The third-order valence-electron chi connectivity index (χ3n) is 13.4. The Morgan fingerprint density at radius 2 is 1.29 bits per heavy atom. The Labute approximate surface area is 370 Å². The monoisotopic (exact) mass is 880 g/mol. The zero-order valence-electron chi connectivity index (χ0n) is 37.1. The number of aromatic nitrogens is 2. The Morgan fingerprint density at radius 3 is 1.78 bits per heavy atom. The number of carbonyl (C=O) groups excluding carboxylic acids is 3. The van der Waals surface area contributed by atoms with Gasteiger partial charge in [0.05, 0.1) is 25.3 Å². The number of benzene rings is 2. The van der Waals surface area contributed by atoms with Crippen LogP contribution < -0.4 is 9.47 Å². The Bertz CT molecular complexity index is 2400. The van der Waals surface area contributed by atoms with E-state index in [9.17, 15) is 14.4 Å². The molecule has 0 N–H and O–H groups in total. The molecule has 2 aromatic heterocycles. The molecule has 4 aromatic rings. The number of allylic oxidation sites excluding steroid dienone is 1. The van der Waals surface area contributed by atoms with Gasteiger partial charge < -0.3 is 32.4 Å². The van der Waals surface area contributed by atoms with Crippen molar-refractivity contribution < 1.29 is 46.8 Å².